The molecule has 5 aromatic heterocycles. The van der Waals surface area contributed by atoms with Gasteiger partial charge in [-0.05, 0) is 53.8 Å². The molecule has 0 unspecified atom stereocenters. The third kappa shape index (κ3) is 5.00. The molecule has 0 spiro atoms. The highest BCUT2D eigenvalue weighted by Gasteiger charge is 2.25. The Labute approximate surface area is 241 Å². The van der Waals surface area contributed by atoms with Crippen LogP contribution < -0.4 is 15.4 Å². The van der Waals surface area contributed by atoms with Crippen molar-refractivity contribution >= 4 is 48.9 Å². The maximum Gasteiger partial charge on any atom is 0.147 e. The molecule has 1 aliphatic rings. The van der Waals surface area contributed by atoms with Crippen LogP contribution in [0.15, 0.2) is 61.2 Å². The van der Waals surface area contributed by atoms with Crippen LogP contribution in [0.1, 0.15) is 5.56 Å². The van der Waals surface area contributed by atoms with Crippen molar-refractivity contribution in [2.75, 3.05) is 24.2 Å². The molecule has 7 rings (SSSR count). The fraction of sp³-hybridized carbons (Fsp3) is 0.167. The monoisotopic (exact) mass is 580 g/mol. The molecule has 212 valence electrons. The molecular weight excluding hydrogens is 551 g/mol. The molecule has 6 aromatic rings. The van der Waals surface area contributed by atoms with Gasteiger partial charge in [0.1, 0.15) is 28.5 Å². The van der Waals surface area contributed by atoms with Crippen molar-refractivity contribution < 1.29 is 4.39 Å². The summed E-state index contributed by atoms with van der Waals surface area (Å²) in [7, 11) is -1.43. The van der Waals surface area contributed by atoms with Crippen LogP contribution in [-0.2, 0) is 6.54 Å². The second-order valence-corrected chi connectivity index (χ2v) is 13.7. The Morgan fingerprint density at radius 1 is 1.02 bits per heavy atom. The summed E-state index contributed by atoms with van der Waals surface area (Å²) in [5.41, 5.74) is 13.3. The number of fused-ring (bicyclic) bond motifs is 2. The highest BCUT2D eigenvalue weighted by molar-refractivity contribution is 8.25. The largest absolute Gasteiger partial charge is 0.352 e. The number of nitrogens with zero attached hydrogens (tertiary/aromatic N) is 6. The second kappa shape index (κ2) is 10.0. The van der Waals surface area contributed by atoms with Gasteiger partial charge < -0.3 is 15.6 Å². The van der Waals surface area contributed by atoms with Gasteiger partial charge in [0.25, 0.3) is 0 Å². The fourth-order valence-electron chi connectivity index (χ4n) is 5.13. The van der Waals surface area contributed by atoms with Crippen LogP contribution in [0.4, 0.5) is 10.2 Å². The van der Waals surface area contributed by atoms with Gasteiger partial charge in [0.15, 0.2) is 0 Å². The number of anilines is 1. The number of nitrogens with one attached hydrogen (secondary N) is 3. The maximum atomic E-state index is 14.7. The van der Waals surface area contributed by atoms with Crippen molar-refractivity contribution in [1.82, 2.24) is 39.8 Å². The van der Waals surface area contributed by atoms with Crippen LogP contribution in [-0.4, -0.2) is 72.2 Å². The quantitative estimate of drug-likeness (QED) is 0.206. The smallest absolute Gasteiger partial charge is 0.147 e. The van der Waals surface area contributed by atoms with E-state index in [1.807, 2.05) is 30.5 Å². The van der Waals surface area contributed by atoms with Crippen LogP contribution in [0.2, 0.25) is 0 Å². The first kappa shape index (κ1) is 26.3. The van der Waals surface area contributed by atoms with Crippen molar-refractivity contribution in [2.45, 2.75) is 12.6 Å². The lowest BCUT2D eigenvalue weighted by molar-refractivity contribution is 0.514. The van der Waals surface area contributed by atoms with Crippen LogP contribution in [0, 0.1) is 5.82 Å². The van der Waals surface area contributed by atoms with Gasteiger partial charge in [-0.3, -0.25) is 19.8 Å². The first-order chi connectivity index (χ1) is 20.2. The molecule has 42 heavy (non-hydrogen) atoms. The zero-order valence-electron chi connectivity index (χ0n) is 22.9. The zero-order valence-corrected chi connectivity index (χ0v) is 23.7. The number of nitrogens with two attached hydrogens (primary N) is 1. The SMILES string of the molecule is C=S(=C)(C)NCc1cc(F)cc(-c2cncc3[nH]c(-c4n[nH]c5ccc(-c6cncc(N7CC(N)C7)n6)nc45)cc23)c1. The molecule has 12 heteroatoms. The van der Waals surface area contributed by atoms with Gasteiger partial charge in [-0.2, -0.15) is 14.5 Å². The number of aromatic amines is 2. The number of pyridine rings is 2. The standard InChI is InChI=1S/C30H29FN10S/c1-42(2,3)35-10-17-6-18(8-19(31)7-17)22-11-33-12-26-21(22)9-25(36-26)30-29-24(39-40-30)5-4-23(38-29)27-13-34-14-28(37-27)41-15-20(32)16-41/h4-9,11-14,20,35-36H,1-2,10,15-16,32H2,3H3,(H,39,40). The second-order valence-electron chi connectivity index (χ2n) is 10.9. The summed E-state index contributed by atoms with van der Waals surface area (Å²) in [4.78, 5) is 24.0. The number of benzene rings is 1. The van der Waals surface area contributed by atoms with E-state index in [1.54, 1.807) is 24.8 Å². The Balaban J connectivity index is 1.26. The van der Waals surface area contributed by atoms with Crippen molar-refractivity contribution in [2.24, 2.45) is 5.73 Å². The van der Waals surface area contributed by atoms with E-state index in [9.17, 15) is 4.39 Å². The molecule has 0 saturated carbocycles. The molecule has 0 bridgehead atoms. The first-order valence-electron chi connectivity index (χ1n) is 13.3. The van der Waals surface area contributed by atoms with Crippen molar-refractivity contribution in [1.29, 1.82) is 0 Å². The summed E-state index contributed by atoms with van der Waals surface area (Å²) in [6, 6.07) is 11.0. The minimum atomic E-state index is -1.43. The van der Waals surface area contributed by atoms with E-state index in [2.05, 4.69) is 46.5 Å². The van der Waals surface area contributed by atoms with Crippen LogP contribution in [0.25, 0.3) is 55.8 Å². The Bertz CT molecular complexity index is 2080. The van der Waals surface area contributed by atoms with Gasteiger partial charge in [-0.1, -0.05) is 11.7 Å². The number of rotatable bonds is 7. The van der Waals surface area contributed by atoms with E-state index < -0.39 is 9.39 Å². The molecule has 6 heterocycles. The van der Waals surface area contributed by atoms with E-state index in [0.717, 1.165) is 57.7 Å². The van der Waals surface area contributed by atoms with Crippen LogP contribution >= 0.6 is 9.39 Å². The van der Waals surface area contributed by atoms with Gasteiger partial charge in [-0.15, -0.1) is 0 Å². The lowest BCUT2D eigenvalue weighted by Crippen LogP contribution is -2.56. The Morgan fingerprint density at radius 3 is 2.67 bits per heavy atom. The van der Waals surface area contributed by atoms with Crippen LogP contribution in [0.3, 0.4) is 0 Å². The topological polar surface area (TPSA) is 137 Å². The van der Waals surface area contributed by atoms with Gasteiger partial charge >= 0.3 is 0 Å². The highest BCUT2D eigenvalue weighted by Crippen LogP contribution is 2.34. The van der Waals surface area contributed by atoms with Crippen LogP contribution in [0.5, 0.6) is 0 Å². The summed E-state index contributed by atoms with van der Waals surface area (Å²) in [5, 5.41) is 8.55. The molecule has 0 atom stereocenters. The zero-order chi connectivity index (χ0) is 29.0. The van der Waals surface area contributed by atoms with Gasteiger partial charge in [0.2, 0.25) is 0 Å². The molecule has 1 fully saturated rings. The normalized spacial score (nSPS) is 14.1. The van der Waals surface area contributed by atoms with Crippen molar-refractivity contribution in [3.63, 3.8) is 0 Å². The first-order valence-corrected chi connectivity index (χ1v) is 15.7. The fourth-order valence-corrected chi connectivity index (χ4v) is 5.65. The number of aromatic nitrogens is 7. The maximum absolute atomic E-state index is 14.7. The predicted molar refractivity (Wildman–Crippen MR) is 170 cm³/mol. The average Bonchev–Trinajstić information content (AvgIpc) is 3.57. The van der Waals surface area contributed by atoms with Gasteiger partial charge in [-0.25, -0.2) is 14.4 Å². The van der Waals surface area contributed by atoms with Crippen molar-refractivity contribution in [3.05, 3.63) is 72.6 Å². The molecule has 5 N–H and O–H groups in total. The summed E-state index contributed by atoms with van der Waals surface area (Å²) in [6.45, 7) is 1.99. The molecule has 10 nitrogen and oxygen atoms in total. The van der Waals surface area contributed by atoms with E-state index in [-0.39, 0.29) is 11.9 Å². The minimum absolute atomic E-state index is 0.162. The van der Waals surface area contributed by atoms with Crippen molar-refractivity contribution in [3.8, 4) is 33.9 Å². The lowest BCUT2D eigenvalue weighted by atomic mass is 10.0. The molecule has 0 amide bonds. The summed E-state index contributed by atoms with van der Waals surface area (Å²) in [5.74, 6) is 8.56. The average molecular weight is 581 g/mol. The summed E-state index contributed by atoms with van der Waals surface area (Å²) >= 11 is 0. The third-order valence-electron chi connectivity index (χ3n) is 7.22. The summed E-state index contributed by atoms with van der Waals surface area (Å²) in [6.07, 6.45) is 8.90. The number of hydrogen-bond donors (Lipinski definition) is 4. The van der Waals surface area contributed by atoms with Gasteiger partial charge in [0, 0.05) is 42.8 Å². The Hall–Kier alpha value is -4.65. The number of H-pyrrole nitrogens is 2. The molecule has 0 aliphatic carbocycles. The molecule has 1 saturated heterocycles. The number of halogens is 1. The predicted octanol–water partition coefficient (Wildman–Crippen LogP) is 4.21. The highest BCUT2D eigenvalue weighted by atomic mass is 32.2. The Morgan fingerprint density at radius 2 is 1.86 bits per heavy atom. The molecule has 1 aromatic carbocycles. The van der Waals surface area contributed by atoms with Gasteiger partial charge in [0.05, 0.1) is 41.0 Å². The Kier molecular flexibility index (Phi) is 6.26. The minimum Gasteiger partial charge on any atom is -0.352 e. The summed E-state index contributed by atoms with van der Waals surface area (Å²) < 4.78 is 18.0. The molecule has 1 aliphatic heterocycles. The number of hydrogen-bond acceptors (Lipinski definition) is 8. The molecule has 0 radical (unpaired) electrons. The lowest BCUT2D eigenvalue weighted by Gasteiger charge is -2.37. The molecular formula is C30H29FN10S. The van der Waals surface area contributed by atoms with E-state index in [0.29, 0.717) is 29.1 Å². The third-order valence-corrected chi connectivity index (χ3v) is 8.06. The van der Waals surface area contributed by atoms with E-state index in [4.69, 9.17) is 15.7 Å². The van der Waals surface area contributed by atoms with E-state index >= 15 is 0 Å². The van der Waals surface area contributed by atoms with E-state index in [1.165, 1.54) is 12.1 Å².